The van der Waals surface area contributed by atoms with Crippen molar-refractivity contribution in [1.82, 2.24) is 4.72 Å². The lowest BCUT2D eigenvalue weighted by Gasteiger charge is -2.16. The Kier molecular flexibility index (Phi) is 8.36. The van der Waals surface area contributed by atoms with Gasteiger partial charge < -0.3 is 4.74 Å². The number of carbonyl (C=O) groups excluding carboxylic acids is 1. The number of alkyl halides is 3. The third kappa shape index (κ3) is 6.59. The maximum Gasteiger partial charge on any atom is 0.416 e. The number of hydrogen-bond donors (Lipinski definition) is 1. The Balaban J connectivity index is 2.00. The summed E-state index contributed by atoms with van der Waals surface area (Å²) in [5.41, 5.74) is 0.964. The SMILES string of the molecule is CCOc1ccc(Cl)cc1-c1ccc(C(=O)NS(=O)(=O)c2cccc(C(F)(F)F)c2)c(CC(C)C)c1. The molecule has 0 aliphatic heterocycles. The molecule has 0 aromatic heterocycles. The molecule has 1 N–H and O–H groups in total. The molecule has 5 nitrogen and oxygen atoms in total. The van der Waals surface area contributed by atoms with Gasteiger partial charge in [-0.05, 0) is 72.9 Å². The molecule has 3 aromatic rings. The fourth-order valence-electron chi connectivity index (χ4n) is 3.68. The van der Waals surface area contributed by atoms with Gasteiger partial charge in [0.2, 0.25) is 0 Å². The van der Waals surface area contributed by atoms with E-state index in [9.17, 15) is 26.4 Å². The van der Waals surface area contributed by atoms with Crippen LogP contribution in [-0.4, -0.2) is 20.9 Å². The summed E-state index contributed by atoms with van der Waals surface area (Å²) >= 11 is 6.19. The van der Waals surface area contributed by atoms with Crippen LogP contribution in [0, 0.1) is 5.92 Å². The van der Waals surface area contributed by atoms with Gasteiger partial charge in [0.25, 0.3) is 15.9 Å². The Hall–Kier alpha value is -3.04. The predicted octanol–water partition coefficient (Wildman–Crippen LogP) is 6.74. The Bertz CT molecular complexity index is 1370. The molecule has 0 unspecified atom stereocenters. The second-order valence-electron chi connectivity index (χ2n) is 8.50. The van der Waals surface area contributed by atoms with Crippen molar-refractivity contribution in [3.05, 3.63) is 82.4 Å². The molecule has 0 bridgehead atoms. The molecule has 3 rings (SSSR count). The van der Waals surface area contributed by atoms with E-state index in [0.717, 1.165) is 18.2 Å². The summed E-state index contributed by atoms with van der Waals surface area (Å²) in [7, 11) is -4.55. The molecule has 10 heteroatoms. The molecule has 0 saturated carbocycles. The van der Waals surface area contributed by atoms with Crippen molar-refractivity contribution in [2.45, 2.75) is 38.3 Å². The molecule has 0 spiro atoms. The molecule has 3 aromatic carbocycles. The second kappa shape index (κ2) is 10.9. The Morgan fingerprint density at radius 2 is 1.78 bits per heavy atom. The zero-order valence-electron chi connectivity index (χ0n) is 19.8. The molecule has 0 heterocycles. The fourth-order valence-corrected chi connectivity index (χ4v) is 4.86. The van der Waals surface area contributed by atoms with Crippen molar-refractivity contribution < 1.29 is 31.1 Å². The van der Waals surface area contributed by atoms with Crippen LogP contribution in [0.5, 0.6) is 5.75 Å². The number of benzene rings is 3. The topological polar surface area (TPSA) is 72.5 Å². The minimum absolute atomic E-state index is 0.1000. The summed E-state index contributed by atoms with van der Waals surface area (Å²) < 4.78 is 72.2. The van der Waals surface area contributed by atoms with Crippen molar-refractivity contribution >= 4 is 27.5 Å². The van der Waals surface area contributed by atoms with E-state index in [1.165, 1.54) is 6.07 Å². The number of ether oxygens (including phenoxy) is 1. The largest absolute Gasteiger partial charge is 0.493 e. The van der Waals surface area contributed by atoms with Crippen LogP contribution in [0.3, 0.4) is 0 Å². The summed E-state index contributed by atoms with van der Waals surface area (Å²) in [4.78, 5) is 12.4. The van der Waals surface area contributed by atoms with Gasteiger partial charge in [0.1, 0.15) is 5.75 Å². The first kappa shape index (κ1) is 27.5. The van der Waals surface area contributed by atoms with Gasteiger partial charge in [-0.1, -0.05) is 43.6 Å². The Morgan fingerprint density at radius 3 is 2.42 bits per heavy atom. The summed E-state index contributed by atoms with van der Waals surface area (Å²) in [5.74, 6) is -0.218. The van der Waals surface area contributed by atoms with Crippen LogP contribution in [-0.2, 0) is 22.6 Å². The molecule has 0 saturated heterocycles. The highest BCUT2D eigenvalue weighted by Crippen LogP contribution is 2.35. The maximum atomic E-state index is 13.0. The van der Waals surface area contributed by atoms with E-state index < -0.39 is 32.6 Å². The first-order valence-electron chi connectivity index (χ1n) is 11.1. The molecule has 0 atom stereocenters. The minimum Gasteiger partial charge on any atom is -0.493 e. The van der Waals surface area contributed by atoms with Gasteiger partial charge in [0.15, 0.2) is 0 Å². The average Bonchev–Trinajstić information content (AvgIpc) is 2.79. The van der Waals surface area contributed by atoms with Crippen LogP contribution in [0.15, 0.2) is 65.6 Å². The van der Waals surface area contributed by atoms with Crippen LogP contribution in [0.1, 0.15) is 42.3 Å². The van der Waals surface area contributed by atoms with Crippen LogP contribution in [0.4, 0.5) is 13.2 Å². The lowest BCUT2D eigenvalue weighted by molar-refractivity contribution is -0.137. The number of carbonyl (C=O) groups is 1. The minimum atomic E-state index is -4.73. The van der Waals surface area contributed by atoms with Crippen LogP contribution in [0.2, 0.25) is 5.02 Å². The van der Waals surface area contributed by atoms with E-state index in [1.54, 1.807) is 30.3 Å². The molecule has 0 aliphatic rings. The lowest BCUT2D eigenvalue weighted by atomic mass is 9.93. The zero-order chi connectivity index (χ0) is 26.7. The molecular formula is C26H25ClF3NO4S. The molecule has 0 aliphatic carbocycles. The van der Waals surface area contributed by atoms with Gasteiger partial charge in [-0.3, -0.25) is 4.79 Å². The van der Waals surface area contributed by atoms with E-state index >= 15 is 0 Å². The summed E-state index contributed by atoms with van der Waals surface area (Å²) in [6.45, 7) is 6.17. The van der Waals surface area contributed by atoms with E-state index in [4.69, 9.17) is 16.3 Å². The molecular weight excluding hydrogens is 515 g/mol. The van der Waals surface area contributed by atoms with Gasteiger partial charge in [0.05, 0.1) is 17.1 Å². The highest BCUT2D eigenvalue weighted by Gasteiger charge is 2.32. The fraction of sp³-hybridized carbons (Fsp3) is 0.269. The highest BCUT2D eigenvalue weighted by molar-refractivity contribution is 7.90. The first-order chi connectivity index (χ1) is 16.8. The molecule has 1 amide bonds. The standard InChI is InChI=1S/C26H25ClF3NO4S/c1-4-35-24-11-9-20(27)15-23(24)17-8-10-22(18(13-17)12-16(2)3)25(32)31-36(33,34)21-7-5-6-19(14-21)26(28,29)30/h5-11,13-16H,4,12H2,1-3H3,(H,31,32). The molecule has 0 fully saturated rings. The third-order valence-corrected chi connectivity index (χ3v) is 6.79. The van der Waals surface area contributed by atoms with E-state index in [2.05, 4.69) is 0 Å². The monoisotopic (exact) mass is 539 g/mol. The van der Waals surface area contributed by atoms with Crippen LogP contribution >= 0.6 is 11.6 Å². The highest BCUT2D eigenvalue weighted by atomic mass is 35.5. The molecule has 192 valence electrons. The van der Waals surface area contributed by atoms with E-state index in [-0.39, 0.29) is 11.5 Å². The number of hydrogen-bond acceptors (Lipinski definition) is 4. The van der Waals surface area contributed by atoms with Gasteiger partial charge in [-0.2, -0.15) is 13.2 Å². The van der Waals surface area contributed by atoms with Gasteiger partial charge in [0, 0.05) is 16.1 Å². The summed E-state index contributed by atoms with van der Waals surface area (Å²) in [6, 6.07) is 13.3. The molecule has 36 heavy (non-hydrogen) atoms. The summed E-state index contributed by atoms with van der Waals surface area (Å²) in [6.07, 6.45) is -4.28. The third-order valence-electron chi connectivity index (χ3n) is 5.23. The summed E-state index contributed by atoms with van der Waals surface area (Å²) in [5, 5.41) is 0.493. The number of amides is 1. The molecule has 0 radical (unpaired) electrons. The van der Waals surface area contributed by atoms with Gasteiger partial charge >= 0.3 is 6.18 Å². The quantitative estimate of drug-likeness (QED) is 0.344. The van der Waals surface area contributed by atoms with Crippen molar-refractivity contribution in [3.63, 3.8) is 0 Å². The zero-order valence-corrected chi connectivity index (χ0v) is 21.4. The smallest absolute Gasteiger partial charge is 0.416 e. The van der Waals surface area contributed by atoms with E-state index in [0.29, 0.717) is 46.6 Å². The number of rotatable bonds is 8. The van der Waals surface area contributed by atoms with Crippen molar-refractivity contribution in [2.75, 3.05) is 6.61 Å². The van der Waals surface area contributed by atoms with Gasteiger partial charge in [-0.15, -0.1) is 0 Å². The Labute approximate surface area is 213 Å². The number of nitrogens with one attached hydrogen (secondary N) is 1. The van der Waals surface area contributed by atoms with Crippen molar-refractivity contribution in [1.29, 1.82) is 0 Å². The Morgan fingerprint density at radius 1 is 1.06 bits per heavy atom. The number of halogens is 4. The van der Waals surface area contributed by atoms with Crippen molar-refractivity contribution in [3.8, 4) is 16.9 Å². The van der Waals surface area contributed by atoms with Crippen LogP contribution in [0.25, 0.3) is 11.1 Å². The van der Waals surface area contributed by atoms with E-state index in [1.807, 2.05) is 25.5 Å². The van der Waals surface area contributed by atoms with Crippen molar-refractivity contribution in [2.24, 2.45) is 5.92 Å². The maximum absolute atomic E-state index is 13.0. The first-order valence-corrected chi connectivity index (χ1v) is 13.0. The lowest BCUT2D eigenvalue weighted by Crippen LogP contribution is -2.31. The average molecular weight is 540 g/mol. The van der Waals surface area contributed by atoms with Gasteiger partial charge in [-0.25, -0.2) is 13.1 Å². The normalized spacial score (nSPS) is 12.0. The predicted molar refractivity (Wildman–Crippen MR) is 133 cm³/mol. The van der Waals surface area contributed by atoms with Crippen LogP contribution < -0.4 is 9.46 Å². The number of sulfonamides is 1. The second-order valence-corrected chi connectivity index (χ2v) is 10.6.